The molecule has 150 valence electrons. The molecular weight excluding hydrogens is 404 g/mol. The molecule has 0 saturated carbocycles. The first kappa shape index (κ1) is 19.3. The number of hydrogen-bond acceptors (Lipinski definition) is 3. The Kier molecular flexibility index (Phi) is 4.96. The summed E-state index contributed by atoms with van der Waals surface area (Å²) in [6.45, 7) is -0.502. The molecule has 1 amide bonds. The number of fused-ring (bicyclic) bond motifs is 1. The molecule has 1 aliphatic heterocycles. The van der Waals surface area contributed by atoms with Crippen molar-refractivity contribution < 1.29 is 23.5 Å². The first-order chi connectivity index (χ1) is 13.8. The average Bonchev–Trinajstić information content (AvgIpc) is 3.22. The van der Waals surface area contributed by atoms with E-state index in [1.165, 1.54) is 9.58 Å². The Labute approximate surface area is 169 Å². The van der Waals surface area contributed by atoms with E-state index in [9.17, 15) is 23.5 Å². The summed E-state index contributed by atoms with van der Waals surface area (Å²) in [6, 6.07) is 11.8. The number of nitrogens with zero attached hydrogens (tertiary/aromatic N) is 3. The van der Waals surface area contributed by atoms with Crippen LogP contribution in [0.5, 0.6) is 0 Å². The number of anilines is 1. The van der Waals surface area contributed by atoms with Crippen LogP contribution in [0.2, 0.25) is 5.02 Å². The van der Waals surface area contributed by atoms with Gasteiger partial charge in [-0.3, -0.25) is 14.3 Å². The molecular formula is C20H16ClF2N3O3. The number of alkyl halides is 2. The van der Waals surface area contributed by atoms with Crippen LogP contribution in [0.3, 0.4) is 0 Å². The summed E-state index contributed by atoms with van der Waals surface area (Å²) >= 11 is 6.07. The maximum absolute atomic E-state index is 13.0. The highest BCUT2D eigenvalue weighted by Crippen LogP contribution is 2.34. The number of amides is 1. The Hall–Kier alpha value is -3.00. The molecule has 1 fully saturated rings. The number of aliphatic carboxylic acids is 1. The number of carboxylic acid groups (broad SMARTS) is 1. The van der Waals surface area contributed by atoms with Crippen LogP contribution in [0.15, 0.2) is 42.5 Å². The molecule has 1 N–H and O–H groups in total. The molecule has 29 heavy (non-hydrogen) atoms. The van der Waals surface area contributed by atoms with Crippen molar-refractivity contribution >= 4 is 40.1 Å². The first-order valence-corrected chi connectivity index (χ1v) is 9.29. The molecule has 0 aliphatic carbocycles. The average molecular weight is 420 g/mol. The summed E-state index contributed by atoms with van der Waals surface area (Å²) in [6.07, 6.45) is -2.65. The molecule has 1 aliphatic rings. The fraction of sp³-hybridized carbons (Fsp3) is 0.250. The zero-order chi connectivity index (χ0) is 20.7. The van der Waals surface area contributed by atoms with Gasteiger partial charge in [0.2, 0.25) is 5.91 Å². The number of carboxylic acids is 1. The standard InChI is InChI=1S/C20H16ClF2N3O3/c21-13-3-1-2-11(6-13)19-15-8-14(25-9-12(20(28)29)7-18(25)27)4-5-16(15)26(24-19)10-17(22)23/h1-6,8,12,17H,7,9-10H2,(H,28,29). The molecule has 4 rings (SSSR count). The highest BCUT2D eigenvalue weighted by atomic mass is 35.5. The van der Waals surface area contributed by atoms with Gasteiger partial charge in [-0.2, -0.15) is 5.10 Å². The number of benzene rings is 2. The van der Waals surface area contributed by atoms with Crippen LogP contribution < -0.4 is 4.90 Å². The quantitative estimate of drug-likeness (QED) is 0.676. The molecule has 6 nitrogen and oxygen atoms in total. The van der Waals surface area contributed by atoms with Crippen LogP contribution in [0.25, 0.3) is 22.2 Å². The maximum Gasteiger partial charge on any atom is 0.308 e. The number of rotatable bonds is 5. The highest BCUT2D eigenvalue weighted by Gasteiger charge is 2.35. The molecule has 1 atom stereocenters. The number of carbonyl (C=O) groups excluding carboxylic acids is 1. The summed E-state index contributed by atoms with van der Waals surface area (Å²) in [4.78, 5) is 24.9. The van der Waals surface area contributed by atoms with Crippen molar-refractivity contribution in [2.75, 3.05) is 11.4 Å². The van der Waals surface area contributed by atoms with Crippen molar-refractivity contribution in [2.24, 2.45) is 5.92 Å². The van der Waals surface area contributed by atoms with E-state index in [4.69, 9.17) is 11.6 Å². The number of halogens is 3. The lowest BCUT2D eigenvalue weighted by Crippen LogP contribution is -2.25. The van der Waals surface area contributed by atoms with E-state index < -0.39 is 24.9 Å². The van der Waals surface area contributed by atoms with E-state index in [0.29, 0.717) is 32.9 Å². The SMILES string of the molecule is O=C(O)C1CC(=O)N(c2ccc3c(c2)c(-c2cccc(Cl)c2)nn3CC(F)F)C1. The van der Waals surface area contributed by atoms with E-state index >= 15 is 0 Å². The Morgan fingerprint density at radius 3 is 2.72 bits per heavy atom. The molecule has 1 saturated heterocycles. The fourth-order valence-electron chi connectivity index (χ4n) is 3.58. The summed E-state index contributed by atoms with van der Waals surface area (Å²) in [5, 5.41) is 14.6. The van der Waals surface area contributed by atoms with Gasteiger partial charge in [-0.1, -0.05) is 23.7 Å². The normalized spacial score (nSPS) is 16.9. The third-order valence-electron chi connectivity index (χ3n) is 4.93. The highest BCUT2D eigenvalue weighted by molar-refractivity contribution is 6.30. The van der Waals surface area contributed by atoms with E-state index in [0.717, 1.165) is 0 Å². The first-order valence-electron chi connectivity index (χ1n) is 8.91. The molecule has 0 bridgehead atoms. The lowest BCUT2D eigenvalue weighted by atomic mass is 10.1. The van der Waals surface area contributed by atoms with Crippen LogP contribution >= 0.6 is 11.6 Å². The van der Waals surface area contributed by atoms with Gasteiger partial charge in [-0.05, 0) is 30.3 Å². The summed E-state index contributed by atoms with van der Waals surface area (Å²) in [5.41, 5.74) is 2.12. The van der Waals surface area contributed by atoms with Gasteiger partial charge in [0.1, 0.15) is 12.2 Å². The second-order valence-electron chi connectivity index (χ2n) is 6.88. The fourth-order valence-corrected chi connectivity index (χ4v) is 3.77. The molecule has 2 aromatic carbocycles. The van der Waals surface area contributed by atoms with E-state index in [2.05, 4.69) is 5.10 Å². The lowest BCUT2D eigenvalue weighted by Gasteiger charge is -2.16. The summed E-state index contributed by atoms with van der Waals surface area (Å²) < 4.78 is 27.3. The third-order valence-corrected chi connectivity index (χ3v) is 5.16. The Bertz CT molecular complexity index is 1120. The van der Waals surface area contributed by atoms with E-state index in [1.807, 2.05) is 0 Å². The zero-order valence-corrected chi connectivity index (χ0v) is 15.8. The second kappa shape index (κ2) is 7.44. The van der Waals surface area contributed by atoms with Crippen LogP contribution in [-0.4, -0.2) is 39.7 Å². The van der Waals surface area contributed by atoms with Crippen molar-refractivity contribution in [2.45, 2.75) is 19.4 Å². The van der Waals surface area contributed by atoms with Crippen molar-refractivity contribution in [1.29, 1.82) is 0 Å². The minimum absolute atomic E-state index is 0.0668. The Morgan fingerprint density at radius 2 is 2.07 bits per heavy atom. The van der Waals surface area contributed by atoms with Crippen molar-refractivity contribution in [3.05, 3.63) is 47.5 Å². The van der Waals surface area contributed by atoms with Crippen LogP contribution in [0.4, 0.5) is 14.5 Å². The number of carbonyl (C=O) groups is 2. The minimum Gasteiger partial charge on any atom is -0.481 e. The predicted molar refractivity (Wildman–Crippen MR) is 104 cm³/mol. The van der Waals surface area contributed by atoms with Gasteiger partial charge in [-0.15, -0.1) is 0 Å². The van der Waals surface area contributed by atoms with Crippen molar-refractivity contribution in [1.82, 2.24) is 9.78 Å². The Morgan fingerprint density at radius 1 is 1.28 bits per heavy atom. The second-order valence-corrected chi connectivity index (χ2v) is 7.31. The largest absolute Gasteiger partial charge is 0.481 e. The third kappa shape index (κ3) is 3.67. The van der Waals surface area contributed by atoms with E-state index in [1.54, 1.807) is 42.5 Å². The Balaban J connectivity index is 1.83. The van der Waals surface area contributed by atoms with Crippen LogP contribution in [0, 0.1) is 5.92 Å². The zero-order valence-electron chi connectivity index (χ0n) is 15.1. The van der Waals surface area contributed by atoms with E-state index in [-0.39, 0.29) is 18.9 Å². The van der Waals surface area contributed by atoms with Crippen LogP contribution in [0.1, 0.15) is 6.42 Å². The van der Waals surface area contributed by atoms with Crippen molar-refractivity contribution in [3.8, 4) is 11.3 Å². The van der Waals surface area contributed by atoms with Crippen LogP contribution in [-0.2, 0) is 16.1 Å². The molecule has 1 unspecified atom stereocenters. The lowest BCUT2D eigenvalue weighted by molar-refractivity contribution is -0.141. The van der Waals surface area contributed by atoms with Gasteiger partial charge < -0.3 is 10.0 Å². The summed E-state index contributed by atoms with van der Waals surface area (Å²) in [7, 11) is 0. The predicted octanol–water partition coefficient (Wildman–Crippen LogP) is 4.06. The monoisotopic (exact) mass is 419 g/mol. The smallest absolute Gasteiger partial charge is 0.308 e. The summed E-state index contributed by atoms with van der Waals surface area (Å²) in [5.74, 6) is -2.08. The van der Waals surface area contributed by atoms with Gasteiger partial charge in [-0.25, -0.2) is 8.78 Å². The van der Waals surface area contributed by atoms with Crippen molar-refractivity contribution in [3.63, 3.8) is 0 Å². The van der Waals surface area contributed by atoms with Gasteiger partial charge in [0.15, 0.2) is 0 Å². The van der Waals surface area contributed by atoms with Gasteiger partial charge >= 0.3 is 5.97 Å². The molecule has 1 aromatic heterocycles. The van der Waals surface area contributed by atoms with Gasteiger partial charge in [0.25, 0.3) is 6.43 Å². The maximum atomic E-state index is 13.0. The topological polar surface area (TPSA) is 75.4 Å². The molecule has 0 radical (unpaired) electrons. The molecule has 9 heteroatoms. The molecule has 2 heterocycles. The minimum atomic E-state index is -2.58. The number of hydrogen-bond donors (Lipinski definition) is 1. The molecule has 0 spiro atoms. The number of aromatic nitrogens is 2. The van der Waals surface area contributed by atoms with Gasteiger partial charge in [0, 0.05) is 34.6 Å². The van der Waals surface area contributed by atoms with Gasteiger partial charge in [0.05, 0.1) is 11.4 Å². The molecule has 3 aromatic rings.